The van der Waals surface area contributed by atoms with Gasteiger partial charge in [0.25, 0.3) is 5.91 Å². The van der Waals surface area contributed by atoms with Gasteiger partial charge in [-0.1, -0.05) is 30.3 Å². The second-order valence-corrected chi connectivity index (χ2v) is 8.29. The number of aromatic nitrogens is 1. The van der Waals surface area contributed by atoms with Crippen LogP contribution in [0.25, 0.3) is 0 Å². The fourth-order valence-corrected chi connectivity index (χ4v) is 3.85. The number of methoxy groups -OCH3 is 1. The van der Waals surface area contributed by atoms with E-state index < -0.39 is 0 Å². The number of hydrogen-bond donors (Lipinski definition) is 2. The Morgan fingerprint density at radius 3 is 2.83 bits per heavy atom. The molecule has 2 aromatic carbocycles. The van der Waals surface area contributed by atoms with Crippen molar-refractivity contribution in [1.29, 1.82) is 0 Å². The number of carbonyl (C=O) groups excluding carboxylic acids is 2. The summed E-state index contributed by atoms with van der Waals surface area (Å²) < 4.78 is 11.2. The topological polar surface area (TPSA) is 92.8 Å². The average molecular weight is 475 g/mol. The molecule has 3 aromatic rings. The van der Waals surface area contributed by atoms with E-state index in [4.69, 9.17) is 9.47 Å². The molecule has 35 heavy (non-hydrogen) atoms. The molecule has 182 valence electrons. The smallest absolute Gasteiger partial charge is 0.273 e. The molecule has 0 saturated carbocycles. The summed E-state index contributed by atoms with van der Waals surface area (Å²) in [4.78, 5) is 32.1. The maximum atomic E-state index is 13.3. The van der Waals surface area contributed by atoms with Crippen LogP contribution in [0.15, 0.2) is 66.7 Å². The molecule has 0 unspecified atom stereocenters. The van der Waals surface area contributed by atoms with Crippen LogP contribution in [0.4, 0.5) is 11.5 Å². The molecule has 2 bridgehead atoms. The zero-order chi connectivity index (χ0) is 24.5. The lowest BCUT2D eigenvalue weighted by molar-refractivity contribution is -0.122. The molecule has 2 N–H and O–H groups in total. The SMILES string of the molecule is COc1cccc(CNC(=O)CN2CCCCCOc3ccccc3Nc3cccc(n3)C2=O)c1. The van der Waals surface area contributed by atoms with Gasteiger partial charge in [-0.05, 0) is 61.2 Å². The van der Waals surface area contributed by atoms with E-state index in [9.17, 15) is 9.59 Å². The third-order valence-electron chi connectivity index (χ3n) is 5.69. The highest BCUT2D eigenvalue weighted by Gasteiger charge is 2.20. The molecule has 2 heterocycles. The number of fused-ring (bicyclic) bond motifs is 3. The summed E-state index contributed by atoms with van der Waals surface area (Å²) in [5.41, 5.74) is 1.99. The highest BCUT2D eigenvalue weighted by molar-refractivity contribution is 5.95. The van der Waals surface area contributed by atoms with Gasteiger partial charge in [0.05, 0.1) is 25.9 Å². The molecule has 8 nitrogen and oxygen atoms in total. The average Bonchev–Trinajstić information content (AvgIpc) is 2.89. The lowest BCUT2D eigenvalue weighted by atomic mass is 10.2. The van der Waals surface area contributed by atoms with E-state index in [1.54, 1.807) is 30.2 Å². The second-order valence-electron chi connectivity index (χ2n) is 8.29. The molecule has 0 spiro atoms. The van der Waals surface area contributed by atoms with Crippen LogP contribution in [-0.2, 0) is 11.3 Å². The van der Waals surface area contributed by atoms with Gasteiger partial charge in [0.2, 0.25) is 5.91 Å². The zero-order valence-corrected chi connectivity index (χ0v) is 19.8. The van der Waals surface area contributed by atoms with E-state index in [2.05, 4.69) is 15.6 Å². The number of nitrogens with zero attached hydrogens (tertiary/aromatic N) is 2. The lowest BCUT2D eigenvalue weighted by Gasteiger charge is -2.23. The Kier molecular flexibility index (Phi) is 8.17. The third-order valence-corrected chi connectivity index (χ3v) is 5.69. The summed E-state index contributed by atoms with van der Waals surface area (Å²) in [6, 6.07) is 20.4. The summed E-state index contributed by atoms with van der Waals surface area (Å²) in [6.45, 7) is 1.34. The highest BCUT2D eigenvalue weighted by Crippen LogP contribution is 2.27. The van der Waals surface area contributed by atoms with Crippen LogP contribution in [0.2, 0.25) is 0 Å². The molecule has 8 heteroatoms. The molecular weight excluding hydrogens is 444 g/mol. The van der Waals surface area contributed by atoms with Gasteiger partial charge in [-0.25, -0.2) is 4.98 Å². The summed E-state index contributed by atoms with van der Waals surface area (Å²) in [7, 11) is 1.60. The first-order valence-corrected chi connectivity index (χ1v) is 11.8. The summed E-state index contributed by atoms with van der Waals surface area (Å²) in [5.74, 6) is 1.51. The fourth-order valence-electron chi connectivity index (χ4n) is 3.85. The van der Waals surface area contributed by atoms with Crippen molar-refractivity contribution in [3.63, 3.8) is 0 Å². The van der Waals surface area contributed by atoms with E-state index in [-0.39, 0.29) is 24.1 Å². The van der Waals surface area contributed by atoms with Gasteiger partial charge in [-0.2, -0.15) is 0 Å². The quantitative estimate of drug-likeness (QED) is 0.577. The Bertz CT molecular complexity index is 1170. The number of carbonyl (C=O) groups is 2. The predicted octanol–water partition coefficient (Wildman–Crippen LogP) is 4.16. The highest BCUT2D eigenvalue weighted by atomic mass is 16.5. The number of para-hydroxylation sites is 2. The Morgan fingerprint density at radius 2 is 1.94 bits per heavy atom. The summed E-state index contributed by atoms with van der Waals surface area (Å²) in [5, 5.41) is 6.14. The first-order valence-electron chi connectivity index (χ1n) is 11.8. The molecule has 0 aliphatic carbocycles. The Balaban J connectivity index is 1.47. The normalized spacial score (nSPS) is 14.1. The van der Waals surface area contributed by atoms with Crippen molar-refractivity contribution >= 4 is 23.3 Å². The van der Waals surface area contributed by atoms with E-state index in [0.717, 1.165) is 42.0 Å². The van der Waals surface area contributed by atoms with Crippen LogP contribution < -0.4 is 20.1 Å². The van der Waals surface area contributed by atoms with Crippen LogP contribution in [0.1, 0.15) is 35.3 Å². The summed E-state index contributed by atoms with van der Waals surface area (Å²) in [6.07, 6.45) is 2.48. The van der Waals surface area contributed by atoms with Crippen molar-refractivity contribution in [1.82, 2.24) is 15.2 Å². The maximum absolute atomic E-state index is 13.3. The first-order chi connectivity index (χ1) is 17.1. The zero-order valence-electron chi connectivity index (χ0n) is 19.8. The van der Waals surface area contributed by atoms with Gasteiger partial charge in [0, 0.05) is 13.1 Å². The standard InChI is InChI=1S/C27H30N4O4/c1-34-21-10-7-9-20(17-21)18-28-26(32)19-31-15-5-2-6-16-35-24-13-4-3-11-22(24)29-25-14-8-12-23(30-25)27(31)33/h3-4,7-14,17H,2,5-6,15-16,18-19H2,1H3,(H,28,32)(H,29,30). The molecule has 4 rings (SSSR count). The van der Waals surface area contributed by atoms with Crippen molar-refractivity contribution in [2.75, 3.05) is 32.1 Å². The second kappa shape index (κ2) is 11.9. The molecule has 1 aliphatic rings. The molecule has 0 radical (unpaired) electrons. The third kappa shape index (κ3) is 6.72. The number of hydrogen-bond acceptors (Lipinski definition) is 6. The molecular formula is C27H30N4O4. The van der Waals surface area contributed by atoms with Crippen LogP contribution in [0.3, 0.4) is 0 Å². The predicted molar refractivity (Wildman–Crippen MR) is 134 cm³/mol. The van der Waals surface area contributed by atoms with Crippen molar-refractivity contribution in [3.8, 4) is 11.5 Å². The molecule has 0 atom stereocenters. The van der Waals surface area contributed by atoms with Crippen LogP contribution >= 0.6 is 0 Å². The first kappa shape index (κ1) is 24.1. The number of ether oxygens (including phenoxy) is 2. The van der Waals surface area contributed by atoms with Gasteiger partial charge in [-0.3, -0.25) is 9.59 Å². The van der Waals surface area contributed by atoms with E-state index >= 15 is 0 Å². The number of pyridine rings is 1. The van der Waals surface area contributed by atoms with Gasteiger partial charge < -0.3 is 25.0 Å². The molecule has 1 aliphatic heterocycles. The number of amides is 2. The number of nitrogens with one attached hydrogen (secondary N) is 2. The van der Waals surface area contributed by atoms with Gasteiger partial charge in [0.15, 0.2) is 0 Å². The van der Waals surface area contributed by atoms with Crippen LogP contribution in [-0.4, -0.2) is 48.5 Å². The molecule has 1 aromatic heterocycles. The van der Waals surface area contributed by atoms with E-state index in [0.29, 0.717) is 25.5 Å². The fraction of sp³-hybridized carbons (Fsp3) is 0.296. The van der Waals surface area contributed by atoms with E-state index in [1.165, 1.54) is 0 Å². The minimum absolute atomic E-state index is 0.0402. The van der Waals surface area contributed by atoms with E-state index in [1.807, 2.05) is 48.5 Å². The maximum Gasteiger partial charge on any atom is 0.273 e. The van der Waals surface area contributed by atoms with Crippen LogP contribution in [0.5, 0.6) is 11.5 Å². The minimum Gasteiger partial charge on any atom is -0.497 e. The molecule has 0 saturated heterocycles. The number of anilines is 2. The number of benzene rings is 2. The monoisotopic (exact) mass is 474 g/mol. The molecule has 0 fully saturated rings. The van der Waals surface area contributed by atoms with Crippen LogP contribution in [0, 0.1) is 0 Å². The largest absolute Gasteiger partial charge is 0.497 e. The Hall–Kier alpha value is -4.07. The minimum atomic E-state index is -0.272. The van der Waals surface area contributed by atoms with Crippen molar-refractivity contribution in [2.24, 2.45) is 0 Å². The lowest BCUT2D eigenvalue weighted by Crippen LogP contribution is -2.41. The molecule has 2 amide bonds. The van der Waals surface area contributed by atoms with Gasteiger partial charge in [-0.15, -0.1) is 0 Å². The van der Waals surface area contributed by atoms with Gasteiger partial charge in [0.1, 0.15) is 23.0 Å². The summed E-state index contributed by atoms with van der Waals surface area (Å²) >= 11 is 0. The van der Waals surface area contributed by atoms with Crippen molar-refractivity contribution in [3.05, 3.63) is 78.0 Å². The number of rotatable bonds is 5. The Morgan fingerprint density at radius 1 is 1.09 bits per heavy atom. The van der Waals surface area contributed by atoms with Crippen molar-refractivity contribution in [2.45, 2.75) is 25.8 Å². The van der Waals surface area contributed by atoms with Crippen molar-refractivity contribution < 1.29 is 19.1 Å². The van der Waals surface area contributed by atoms with Gasteiger partial charge >= 0.3 is 0 Å². The Labute approximate surface area is 205 Å².